The van der Waals surface area contributed by atoms with E-state index in [9.17, 15) is 0 Å². The molecule has 0 heterocycles. The Morgan fingerprint density at radius 1 is 0.724 bits per heavy atom. The summed E-state index contributed by atoms with van der Waals surface area (Å²) in [5.74, 6) is 0. The second-order valence-electron chi connectivity index (χ2n) is 7.20. The van der Waals surface area contributed by atoms with E-state index in [0.29, 0.717) is 0 Å². The first kappa shape index (κ1) is 26.6. The molecule has 2 aliphatic rings. The van der Waals surface area contributed by atoms with Gasteiger partial charge in [-0.15, -0.1) is 0 Å². The van der Waals surface area contributed by atoms with E-state index in [0.717, 1.165) is 7.25 Å². The minimum atomic E-state index is -1.66. The third-order valence-corrected chi connectivity index (χ3v) is 24.7. The molecule has 2 aliphatic carbocycles. The standard InChI is InChI=1S/2C11H11.C2H6.CH5Si.2ClH.Zr/c2*1-2-9-7-10-5-3-4-6-11(10)8-9;2*1-2;;;/h2*3-8H,2H2,1H3;1-2H3;2H2,1H3;2*1H;/q;;;;;;+2/p-2. The summed E-state index contributed by atoms with van der Waals surface area (Å²) in [5.41, 5.74) is 9.84. The van der Waals surface area contributed by atoms with E-state index >= 15 is 0 Å². The van der Waals surface area contributed by atoms with Crippen LogP contribution in [-0.4, -0.2) is 6.65 Å². The van der Waals surface area contributed by atoms with Gasteiger partial charge in [0, 0.05) is 0 Å². The van der Waals surface area contributed by atoms with E-state index in [1.807, 2.05) is 13.8 Å². The Labute approximate surface area is 199 Å². The van der Waals surface area contributed by atoms with Crippen molar-refractivity contribution in [2.75, 3.05) is 0 Å². The third-order valence-electron chi connectivity index (χ3n) is 6.00. The van der Waals surface area contributed by atoms with Crippen LogP contribution in [0.15, 0.2) is 59.7 Å². The first-order valence-electron chi connectivity index (χ1n) is 10.7. The van der Waals surface area contributed by atoms with Crippen LogP contribution in [0.3, 0.4) is 0 Å². The van der Waals surface area contributed by atoms with Crippen molar-refractivity contribution in [3.63, 3.8) is 0 Å². The van der Waals surface area contributed by atoms with Crippen molar-refractivity contribution in [2.24, 2.45) is 0 Å². The van der Waals surface area contributed by atoms with Crippen molar-refractivity contribution >= 4 is 18.8 Å². The summed E-state index contributed by atoms with van der Waals surface area (Å²) < 4.78 is 1.65. The molecule has 2 unspecified atom stereocenters. The summed E-state index contributed by atoms with van der Waals surface area (Å²) in [5, 5.41) is 0. The largest absolute Gasteiger partial charge is 1.00 e. The molecule has 0 fully saturated rings. The summed E-state index contributed by atoms with van der Waals surface area (Å²) in [4.78, 5) is 0. The monoisotopic (exact) mass is 521 g/mol. The van der Waals surface area contributed by atoms with Gasteiger partial charge in [-0.25, -0.2) is 0 Å². The van der Waals surface area contributed by atoms with E-state index < -0.39 is 20.9 Å². The van der Waals surface area contributed by atoms with E-state index in [-0.39, 0.29) is 31.5 Å². The molecular weight excluding hydrogens is 490 g/mol. The first-order chi connectivity index (χ1) is 13.3. The van der Waals surface area contributed by atoms with Crippen LogP contribution >= 0.6 is 0 Å². The molecule has 155 valence electrons. The summed E-state index contributed by atoms with van der Waals surface area (Å²) in [6, 6.07) is 18.5. The fourth-order valence-electron chi connectivity index (χ4n) is 4.84. The van der Waals surface area contributed by atoms with Gasteiger partial charge < -0.3 is 24.8 Å². The molecule has 0 amide bonds. The molecule has 0 spiro atoms. The summed E-state index contributed by atoms with van der Waals surface area (Å²) >= 11 is -1.66. The number of hydrogen-bond donors (Lipinski definition) is 0. The number of rotatable bonds is 5. The van der Waals surface area contributed by atoms with E-state index in [1.165, 1.54) is 24.0 Å². The van der Waals surface area contributed by atoms with Gasteiger partial charge in [0.2, 0.25) is 0 Å². The molecule has 2 atom stereocenters. The average Bonchev–Trinajstić information content (AvgIpc) is 3.29. The van der Waals surface area contributed by atoms with Crippen LogP contribution in [0.2, 0.25) is 6.55 Å². The topological polar surface area (TPSA) is 0 Å². The Bertz CT molecular complexity index is 790. The maximum absolute atomic E-state index is 2.61. The van der Waals surface area contributed by atoms with Gasteiger partial charge in [-0.1, -0.05) is 13.8 Å². The maximum atomic E-state index is 2.61. The van der Waals surface area contributed by atoms with Crippen LogP contribution in [0.5, 0.6) is 0 Å². The van der Waals surface area contributed by atoms with E-state index in [1.54, 1.807) is 22.3 Å². The molecule has 0 N–H and O–H groups in total. The van der Waals surface area contributed by atoms with Gasteiger partial charge in [0.25, 0.3) is 0 Å². The van der Waals surface area contributed by atoms with Gasteiger partial charge in [-0.3, -0.25) is 0 Å². The number of halogens is 2. The van der Waals surface area contributed by atoms with E-state index in [4.69, 9.17) is 0 Å². The molecule has 0 aliphatic heterocycles. The van der Waals surface area contributed by atoms with Crippen molar-refractivity contribution in [1.29, 1.82) is 0 Å². The number of fused-ring (bicyclic) bond motifs is 2. The van der Waals surface area contributed by atoms with Crippen molar-refractivity contribution in [2.45, 2.75) is 54.3 Å². The number of benzene rings is 2. The van der Waals surface area contributed by atoms with Crippen molar-refractivity contribution in [3.8, 4) is 0 Å². The molecule has 4 rings (SSSR count). The Kier molecular flexibility index (Phi) is 11.4. The molecule has 29 heavy (non-hydrogen) atoms. The van der Waals surface area contributed by atoms with Gasteiger partial charge in [0.15, 0.2) is 0 Å². The van der Waals surface area contributed by atoms with Crippen molar-refractivity contribution < 1.29 is 45.7 Å². The fraction of sp³-hybridized carbons (Fsp3) is 0.360. The Morgan fingerprint density at radius 2 is 1.10 bits per heavy atom. The predicted molar refractivity (Wildman–Crippen MR) is 121 cm³/mol. The van der Waals surface area contributed by atoms with Crippen LogP contribution < -0.4 is 24.8 Å². The molecule has 2 aromatic carbocycles. The van der Waals surface area contributed by atoms with Gasteiger partial charge in [0.1, 0.15) is 0 Å². The summed E-state index contributed by atoms with van der Waals surface area (Å²) in [6.45, 7) is 11.4. The van der Waals surface area contributed by atoms with Crippen LogP contribution in [0.25, 0.3) is 12.2 Å². The zero-order chi connectivity index (χ0) is 19.4. The zero-order valence-electron chi connectivity index (χ0n) is 18.3. The van der Waals surface area contributed by atoms with Gasteiger partial charge in [-0.2, -0.15) is 0 Å². The number of allylic oxidation sites excluding steroid dienone is 2. The summed E-state index contributed by atoms with van der Waals surface area (Å²) in [6.07, 6.45) is 7.50. The van der Waals surface area contributed by atoms with E-state index in [2.05, 4.69) is 81.1 Å². The second kappa shape index (κ2) is 12.5. The van der Waals surface area contributed by atoms with Crippen LogP contribution in [-0.2, 0) is 20.9 Å². The molecule has 4 heteroatoms. The molecule has 0 bridgehead atoms. The first-order valence-corrected chi connectivity index (χ1v) is 20.9. The smallest absolute Gasteiger partial charge is 1.00 e. The molecular formula is C25H33Cl2SiZr. The van der Waals surface area contributed by atoms with Crippen LogP contribution in [0.4, 0.5) is 0 Å². The minimum absolute atomic E-state index is 0. The Hall–Kier alpha value is -0.400. The van der Waals surface area contributed by atoms with Gasteiger partial charge in [0.05, 0.1) is 0 Å². The summed E-state index contributed by atoms with van der Waals surface area (Å²) in [7, 11) is 0. The van der Waals surface area contributed by atoms with Crippen LogP contribution in [0, 0.1) is 0 Å². The maximum Gasteiger partial charge on any atom is -1.00 e. The molecule has 0 nitrogen and oxygen atoms in total. The Balaban J connectivity index is 0.00000102. The quantitative estimate of drug-likeness (QED) is 0.511. The predicted octanol–water partition coefficient (Wildman–Crippen LogP) is 0.867. The van der Waals surface area contributed by atoms with Crippen LogP contribution in [0.1, 0.15) is 70.0 Å². The van der Waals surface area contributed by atoms with Crippen molar-refractivity contribution in [3.05, 3.63) is 81.9 Å². The molecule has 0 saturated heterocycles. The zero-order valence-corrected chi connectivity index (χ0v) is 23.7. The SMILES string of the molecule is CC.CCC1=Cc2ccccc2[CH]1[Zr+2]([SiH2]C)[CH]1C(CC)=Cc2ccccc21.[Cl-].[Cl-]. The molecule has 0 saturated carbocycles. The molecule has 2 aromatic rings. The van der Waals surface area contributed by atoms with Gasteiger partial charge in [-0.05, 0) is 0 Å². The average molecular weight is 524 g/mol. The molecule has 0 radical (unpaired) electrons. The normalized spacial score (nSPS) is 18.5. The Morgan fingerprint density at radius 3 is 1.45 bits per heavy atom. The molecule has 0 aromatic heterocycles. The number of hydrogen-bond acceptors (Lipinski definition) is 0. The van der Waals surface area contributed by atoms with Gasteiger partial charge >= 0.3 is 162 Å². The second-order valence-corrected chi connectivity index (χ2v) is 23.6. The fourth-order valence-corrected chi connectivity index (χ4v) is 25.2. The van der Waals surface area contributed by atoms with Crippen molar-refractivity contribution in [1.82, 2.24) is 0 Å². The third kappa shape index (κ3) is 5.09. The minimum Gasteiger partial charge on any atom is -1.00 e.